The van der Waals surface area contributed by atoms with E-state index >= 15 is 0 Å². The van der Waals surface area contributed by atoms with E-state index in [1.165, 1.54) is 23.1 Å². The molecule has 0 saturated heterocycles. The number of rotatable bonds is 11. The number of nitrogens with one attached hydrogen (secondary N) is 3. The van der Waals surface area contributed by atoms with Gasteiger partial charge in [-0.05, 0) is 70.9 Å². The lowest BCUT2D eigenvalue weighted by molar-refractivity contribution is -0.114. The first kappa shape index (κ1) is 33.2. The van der Waals surface area contributed by atoms with Gasteiger partial charge in [0.2, 0.25) is 5.91 Å². The number of aromatic nitrogens is 1. The minimum Gasteiger partial charge on any atom is -0.378 e. The van der Waals surface area contributed by atoms with Crippen LogP contribution in [0.3, 0.4) is 0 Å². The summed E-state index contributed by atoms with van der Waals surface area (Å²) in [7, 11) is 3.90. The number of benzene rings is 5. The molecular formula is C39H33N5O3S2. The zero-order valence-electron chi connectivity index (χ0n) is 26.8. The second-order valence-electron chi connectivity index (χ2n) is 11.3. The number of thiazole rings is 1. The number of hydrogen-bond acceptors (Lipinski definition) is 7. The third-order valence-corrected chi connectivity index (χ3v) is 9.26. The molecule has 3 amide bonds. The molecule has 0 unspecified atom stereocenters. The van der Waals surface area contributed by atoms with Crippen molar-refractivity contribution in [2.24, 2.45) is 0 Å². The fourth-order valence-electron chi connectivity index (χ4n) is 4.96. The molecule has 0 bridgehead atoms. The quantitative estimate of drug-likeness (QED) is 0.0941. The summed E-state index contributed by atoms with van der Waals surface area (Å²) in [6, 6.07) is 37.9. The van der Waals surface area contributed by atoms with Crippen molar-refractivity contribution in [2.45, 2.75) is 4.90 Å². The molecule has 49 heavy (non-hydrogen) atoms. The number of fused-ring (bicyclic) bond motifs is 1. The summed E-state index contributed by atoms with van der Waals surface area (Å²) in [6.45, 7) is 0. The lowest BCUT2D eigenvalue weighted by Crippen LogP contribution is -2.30. The molecule has 1 heterocycles. The summed E-state index contributed by atoms with van der Waals surface area (Å²) in [5, 5.41) is 13.3. The molecule has 0 atom stereocenters. The van der Waals surface area contributed by atoms with E-state index in [0.717, 1.165) is 38.2 Å². The molecule has 0 spiro atoms. The van der Waals surface area contributed by atoms with E-state index < -0.39 is 11.8 Å². The van der Waals surface area contributed by atoms with Crippen molar-refractivity contribution in [3.8, 4) is 11.3 Å². The predicted octanol–water partition coefficient (Wildman–Crippen LogP) is 8.17. The van der Waals surface area contributed by atoms with Gasteiger partial charge in [-0.15, -0.1) is 23.1 Å². The first-order valence-electron chi connectivity index (χ1n) is 15.4. The normalized spacial score (nSPS) is 11.2. The Bertz CT molecular complexity index is 2140. The standard InChI is InChI=1S/C39H33N5O3S2/c1-44(2)32-19-15-26(16-20-32)21-34(41-37(46)28-10-4-3-5-11-28)38(47)40-31-13-8-14-33(23-31)48-25-36(45)43-39-42-35(24-49-39)30-18-17-27-9-6-7-12-29(27)22-30/h3-24H,25H2,1-2H3,(H,40,47)(H,41,46)(H,42,43,45)/b34-21+. The summed E-state index contributed by atoms with van der Waals surface area (Å²) in [5.41, 5.74) is 4.61. The lowest BCUT2D eigenvalue weighted by atomic mass is 10.1. The molecule has 1 aromatic heterocycles. The van der Waals surface area contributed by atoms with Crippen LogP contribution in [0.4, 0.5) is 16.5 Å². The molecule has 0 saturated carbocycles. The number of thioether (sulfide) groups is 1. The van der Waals surface area contributed by atoms with Crippen LogP contribution >= 0.6 is 23.1 Å². The summed E-state index contributed by atoms with van der Waals surface area (Å²) in [6.07, 6.45) is 1.64. The molecule has 0 aliphatic heterocycles. The van der Waals surface area contributed by atoms with Crippen LogP contribution in [0.15, 0.2) is 137 Å². The van der Waals surface area contributed by atoms with Crippen molar-refractivity contribution in [3.63, 3.8) is 0 Å². The highest BCUT2D eigenvalue weighted by Crippen LogP contribution is 2.28. The van der Waals surface area contributed by atoms with E-state index in [4.69, 9.17) is 0 Å². The average Bonchev–Trinajstić information content (AvgIpc) is 3.59. The van der Waals surface area contributed by atoms with Gasteiger partial charge in [0, 0.05) is 46.9 Å². The van der Waals surface area contributed by atoms with Gasteiger partial charge in [0.15, 0.2) is 5.13 Å². The maximum Gasteiger partial charge on any atom is 0.272 e. The minimum atomic E-state index is -0.480. The minimum absolute atomic E-state index is 0.0930. The van der Waals surface area contributed by atoms with Crippen LogP contribution < -0.4 is 20.9 Å². The Morgan fingerprint density at radius 2 is 1.55 bits per heavy atom. The van der Waals surface area contributed by atoms with Crippen molar-refractivity contribution in [3.05, 3.63) is 144 Å². The van der Waals surface area contributed by atoms with Gasteiger partial charge in [-0.1, -0.05) is 72.8 Å². The summed E-state index contributed by atoms with van der Waals surface area (Å²) >= 11 is 2.72. The molecule has 0 radical (unpaired) electrons. The number of carbonyl (C=O) groups is 3. The van der Waals surface area contributed by atoms with Crippen molar-refractivity contribution in [2.75, 3.05) is 35.4 Å². The molecule has 244 valence electrons. The van der Waals surface area contributed by atoms with Gasteiger partial charge < -0.3 is 20.9 Å². The molecule has 6 aromatic rings. The molecule has 8 nitrogen and oxygen atoms in total. The third kappa shape index (κ3) is 8.81. The van der Waals surface area contributed by atoms with Gasteiger partial charge >= 0.3 is 0 Å². The summed E-state index contributed by atoms with van der Waals surface area (Å²) in [4.78, 5) is 46.8. The lowest BCUT2D eigenvalue weighted by Gasteiger charge is -2.14. The molecule has 6 rings (SSSR count). The maximum absolute atomic E-state index is 13.5. The molecule has 3 N–H and O–H groups in total. The van der Waals surface area contributed by atoms with Gasteiger partial charge in [-0.2, -0.15) is 0 Å². The smallest absolute Gasteiger partial charge is 0.272 e. The van der Waals surface area contributed by atoms with Gasteiger partial charge in [-0.25, -0.2) is 4.98 Å². The van der Waals surface area contributed by atoms with Crippen LogP contribution in [0.2, 0.25) is 0 Å². The van der Waals surface area contributed by atoms with E-state index in [1.807, 2.05) is 79.0 Å². The van der Waals surface area contributed by atoms with Crippen molar-refractivity contribution in [1.29, 1.82) is 0 Å². The van der Waals surface area contributed by atoms with Crippen LogP contribution in [0.25, 0.3) is 28.1 Å². The topological polar surface area (TPSA) is 103 Å². The monoisotopic (exact) mass is 683 g/mol. The predicted molar refractivity (Wildman–Crippen MR) is 202 cm³/mol. The van der Waals surface area contributed by atoms with E-state index in [9.17, 15) is 14.4 Å². The second kappa shape index (κ2) is 15.5. The number of hydrogen-bond donors (Lipinski definition) is 3. The van der Waals surface area contributed by atoms with Gasteiger partial charge in [0.25, 0.3) is 11.8 Å². The van der Waals surface area contributed by atoms with Gasteiger partial charge in [0.1, 0.15) is 5.70 Å². The number of anilines is 3. The Kier molecular flexibility index (Phi) is 10.5. The highest BCUT2D eigenvalue weighted by atomic mass is 32.2. The van der Waals surface area contributed by atoms with Crippen molar-refractivity contribution in [1.82, 2.24) is 10.3 Å². The van der Waals surface area contributed by atoms with E-state index in [0.29, 0.717) is 16.4 Å². The number of carbonyl (C=O) groups excluding carboxylic acids is 3. The largest absolute Gasteiger partial charge is 0.378 e. The van der Waals surface area contributed by atoms with E-state index in [2.05, 4.69) is 45.2 Å². The average molecular weight is 684 g/mol. The first-order valence-corrected chi connectivity index (χ1v) is 17.3. The Labute approximate surface area is 292 Å². The van der Waals surface area contributed by atoms with E-state index in [1.54, 1.807) is 48.5 Å². The SMILES string of the molecule is CN(C)c1ccc(/C=C(/NC(=O)c2ccccc2)C(=O)Nc2cccc(SCC(=O)Nc3nc(-c4ccc5ccccc5c4)cs3)c2)cc1. The van der Waals surface area contributed by atoms with Crippen LogP contribution in [0.5, 0.6) is 0 Å². The molecule has 0 aliphatic rings. The molecule has 0 fully saturated rings. The second-order valence-corrected chi connectivity index (χ2v) is 13.2. The van der Waals surface area contributed by atoms with Crippen molar-refractivity contribution < 1.29 is 14.4 Å². The van der Waals surface area contributed by atoms with Crippen LogP contribution in [-0.2, 0) is 9.59 Å². The Balaban J connectivity index is 1.09. The zero-order valence-corrected chi connectivity index (χ0v) is 28.5. The summed E-state index contributed by atoms with van der Waals surface area (Å²) in [5.74, 6) is -0.907. The van der Waals surface area contributed by atoms with Crippen LogP contribution in [-0.4, -0.2) is 42.6 Å². The zero-order chi connectivity index (χ0) is 34.2. The highest BCUT2D eigenvalue weighted by molar-refractivity contribution is 8.00. The Hall–Kier alpha value is -5.71. The van der Waals surface area contributed by atoms with Crippen LogP contribution in [0.1, 0.15) is 15.9 Å². The van der Waals surface area contributed by atoms with Gasteiger partial charge in [0.05, 0.1) is 11.4 Å². The fourth-order valence-corrected chi connectivity index (χ4v) is 6.45. The van der Waals surface area contributed by atoms with E-state index in [-0.39, 0.29) is 17.4 Å². The Morgan fingerprint density at radius 1 is 0.796 bits per heavy atom. The van der Waals surface area contributed by atoms with Crippen LogP contribution in [0, 0.1) is 0 Å². The molecule has 5 aromatic carbocycles. The first-order chi connectivity index (χ1) is 23.8. The van der Waals surface area contributed by atoms with Gasteiger partial charge in [-0.3, -0.25) is 14.4 Å². The van der Waals surface area contributed by atoms with Crippen molar-refractivity contribution >= 4 is 74.2 Å². The summed E-state index contributed by atoms with van der Waals surface area (Å²) < 4.78 is 0. The maximum atomic E-state index is 13.5. The molecule has 0 aliphatic carbocycles. The highest BCUT2D eigenvalue weighted by Gasteiger charge is 2.16. The number of nitrogens with zero attached hydrogens (tertiary/aromatic N) is 2. The number of amides is 3. The molecule has 10 heteroatoms. The Morgan fingerprint density at radius 3 is 2.33 bits per heavy atom. The third-order valence-electron chi connectivity index (χ3n) is 7.51. The molecular weight excluding hydrogens is 651 g/mol. The fraction of sp³-hybridized carbons (Fsp3) is 0.0769.